The number of carboxylic acid groups (broad SMARTS) is 3. The third-order valence-corrected chi connectivity index (χ3v) is 8.96. The summed E-state index contributed by atoms with van der Waals surface area (Å²) in [5.74, 6) is -10.8. The van der Waals surface area contributed by atoms with Crippen LogP contribution in [0, 0.1) is 0 Å². The maximum atomic E-state index is 13.8. The van der Waals surface area contributed by atoms with Gasteiger partial charge in [0.05, 0.1) is 0 Å². The normalized spacial score (nSPS) is 13.5. The Labute approximate surface area is 355 Å². The van der Waals surface area contributed by atoms with Gasteiger partial charge in [-0.15, -0.1) is 0 Å². The molecular weight excluding hydrogens is 831 g/mol. The molecule has 0 spiro atoms. The highest BCUT2D eigenvalue weighted by molar-refractivity contribution is 7.98. The van der Waals surface area contributed by atoms with Gasteiger partial charge < -0.3 is 75.9 Å². The quantitative estimate of drug-likeness (QED) is 0.0171. The maximum Gasteiger partial charge on any atom is 0.326 e. The van der Waals surface area contributed by atoms with E-state index in [1.165, 1.54) is 18.7 Å². The summed E-state index contributed by atoms with van der Waals surface area (Å²) in [5.41, 5.74) is 26.8. The minimum absolute atomic E-state index is 0.0260. The summed E-state index contributed by atoms with van der Waals surface area (Å²) in [7, 11) is 0. The minimum atomic E-state index is -1.71. The van der Waals surface area contributed by atoms with Gasteiger partial charge in [-0.05, 0) is 63.4 Å². The molecule has 6 atom stereocenters. The Hall–Kier alpha value is -6.41. The van der Waals surface area contributed by atoms with Gasteiger partial charge in [-0.3, -0.25) is 53.1 Å². The van der Waals surface area contributed by atoms with Crippen LogP contribution in [-0.2, 0) is 47.9 Å². The number of hydrogen-bond acceptors (Lipinski definition) is 13. The monoisotopic (exact) mass is 889 g/mol. The van der Waals surface area contributed by atoms with Gasteiger partial charge in [0.2, 0.25) is 41.4 Å². The Morgan fingerprint density at radius 3 is 1.15 bits per heavy atom. The molecule has 61 heavy (non-hydrogen) atoms. The molecule has 0 heterocycles. The number of carbonyl (C=O) groups excluding carboxylic acids is 7. The van der Waals surface area contributed by atoms with E-state index in [1.54, 1.807) is 6.26 Å². The fourth-order valence-electron chi connectivity index (χ4n) is 5.27. The fourth-order valence-corrected chi connectivity index (χ4v) is 5.74. The summed E-state index contributed by atoms with van der Waals surface area (Å²) >= 11 is 1.26. The van der Waals surface area contributed by atoms with Crippen molar-refractivity contribution in [2.75, 3.05) is 25.1 Å². The van der Waals surface area contributed by atoms with E-state index in [4.69, 9.17) is 33.8 Å². The van der Waals surface area contributed by atoms with Crippen LogP contribution in [0.4, 0.5) is 0 Å². The lowest BCUT2D eigenvalue weighted by Gasteiger charge is -2.27. The van der Waals surface area contributed by atoms with Gasteiger partial charge in [0, 0.05) is 39.3 Å². The predicted octanol–water partition coefficient (Wildman–Crippen LogP) is -5.14. The van der Waals surface area contributed by atoms with Crippen molar-refractivity contribution in [1.82, 2.24) is 31.9 Å². The Kier molecular flexibility index (Phi) is 26.6. The molecule has 27 heteroatoms. The van der Waals surface area contributed by atoms with Crippen LogP contribution in [0.25, 0.3) is 0 Å². The predicted molar refractivity (Wildman–Crippen MR) is 220 cm³/mol. The number of nitrogens with two attached hydrogens (primary N) is 5. The van der Waals surface area contributed by atoms with Crippen molar-refractivity contribution < 1.29 is 63.3 Å². The first-order chi connectivity index (χ1) is 28.6. The number of aliphatic imine (C=N–C) groups is 2. The molecule has 344 valence electrons. The molecule has 0 aromatic heterocycles. The molecule has 0 aromatic rings. The first-order valence-electron chi connectivity index (χ1n) is 18.9. The summed E-state index contributed by atoms with van der Waals surface area (Å²) in [6, 6.07) is -8.92. The topological polar surface area (TPSA) is 458 Å². The molecule has 19 N–H and O–H groups in total. The number of nitrogens with zero attached hydrogens (tertiary/aromatic N) is 2. The Morgan fingerprint density at radius 1 is 0.492 bits per heavy atom. The number of rotatable bonds is 32. The molecule has 0 aliphatic rings. The van der Waals surface area contributed by atoms with Crippen molar-refractivity contribution in [3.63, 3.8) is 0 Å². The highest BCUT2D eigenvalue weighted by atomic mass is 32.2. The molecule has 0 aliphatic heterocycles. The van der Waals surface area contributed by atoms with Gasteiger partial charge in [-0.2, -0.15) is 11.8 Å². The van der Waals surface area contributed by atoms with Crippen LogP contribution in [-0.4, -0.2) is 148 Å². The summed E-state index contributed by atoms with van der Waals surface area (Å²) in [6.45, 7) is 1.32. The molecule has 0 unspecified atom stereocenters. The smallest absolute Gasteiger partial charge is 0.326 e. The van der Waals surface area contributed by atoms with Crippen LogP contribution in [0.1, 0.15) is 77.6 Å². The van der Waals surface area contributed by atoms with E-state index in [2.05, 4.69) is 41.9 Å². The Morgan fingerprint density at radius 2 is 0.820 bits per heavy atom. The third kappa shape index (κ3) is 25.6. The number of carboxylic acids is 3. The van der Waals surface area contributed by atoms with Gasteiger partial charge in [-0.1, -0.05) is 0 Å². The summed E-state index contributed by atoms with van der Waals surface area (Å²) in [4.78, 5) is 133. The standard InChI is InChI=1S/C34H59N13O13S/c1-17(48)42-18(5-3-14-40-33(36)37)27(54)43-19(6-4-15-41-34(38)39)28(55)44-20(7-10-24(35)49)29(56)46-22(13-16-61-2)31(58)45-21(8-11-25(50)51)30(57)47-23(32(59)60)9-12-26(52)53/h18-23H,3-16H2,1-2H3,(H2,35,49)(H,42,48)(H,43,54)(H,44,55)(H,45,58)(H,46,56)(H,47,57)(H,50,51)(H,52,53)(H,59,60)(H4,36,37,40)(H4,38,39,41)/t18-,19-,20-,21-,22+,23-/m0/s1. The van der Waals surface area contributed by atoms with Gasteiger partial charge >= 0.3 is 17.9 Å². The van der Waals surface area contributed by atoms with E-state index in [0.717, 1.165) is 0 Å². The number of amides is 7. The SMILES string of the molecule is CSCC[C@@H](NC(=O)[C@H](CCC(N)=O)NC(=O)[C@H](CCCN=C(N)N)NC(=O)[C@H](CCCN=C(N)N)NC(C)=O)C(=O)N[C@@H](CCC(=O)O)C(=O)N[C@@H](CCC(=O)O)C(=O)O. The number of carbonyl (C=O) groups is 10. The molecule has 0 aliphatic carbocycles. The van der Waals surface area contributed by atoms with Crippen molar-refractivity contribution in [1.29, 1.82) is 0 Å². The largest absolute Gasteiger partial charge is 0.481 e. The molecule has 0 radical (unpaired) electrons. The molecule has 0 rings (SSSR count). The van der Waals surface area contributed by atoms with Gasteiger partial charge in [0.1, 0.15) is 36.3 Å². The van der Waals surface area contributed by atoms with Gasteiger partial charge in [0.25, 0.3) is 0 Å². The zero-order valence-electron chi connectivity index (χ0n) is 34.0. The van der Waals surface area contributed by atoms with E-state index < -0.39 is 134 Å². The zero-order valence-corrected chi connectivity index (χ0v) is 34.8. The molecule has 0 saturated carbocycles. The molecule has 0 bridgehead atoms. The van der Waals surface area contributed by atoms with Crippen LogP contribution in [0.3, 0.4) is 0 Å². The van der Waals surface area contributed by atoms with E-state index >= 15 is 0 Å². The van der Waals surface area contributed by atoms with Crippen LogP contribution in [0.15, 0.2) is 9.98 Å². The first-order valence-corrected chi connectivity index (χ1v) is 20.3. The van der Waals surface area contributed by atoms with E-state index in [1.807, 2.05) is 0 Å². The van der Waals surface area contributed by atoms with Crippen LogP contribution >= 0.6 is 11.8 Å². The van der Waals surface area contributed by atoms with Crippen molar-refractivity contribution in [3.8, 4) is 0 Å². The number of guanidine groups is 2. The Balaban J connectivity index is 6.54. The van der Waals surface area contributed by atoms with Gasteiger partial charge in [-0.25, -0.2) is 4.79 Å². The average molecular weight is 890 g/mol. The summed E-state index contributed by atoms with van der Waals surface area (Å²) in [6.07, 6.45) is -1.27. The van der Waals surface area contributed by atoms with Gasteiger partial charge in [0.15, 0.2) is 11.9 Å². The van der Waals surface area contributed by atoms with Crippen molar-refractivity contribution in [2.24, 2.45) is 38.7 Å². The molecule has 26 nitrogen and oxygen atoms in total. The van der Waals surface area contributed by atoms with E-state index in [0.29, 0.717) is 0 Å². The summed E-state index contributed by atoms with van der Waals surface area (Å²) in [5, 5.41) is 42.1. The number of hydrogen-bond donors (Lipinski definition) is 14. The molecule has 0 aromatic carbocycles. The van der Waals surface area contributed by atoms with Crippen LogP contribution < -0.4 is 60.6 Å². The van der Waals surface area contributed by atoms with Crippen molar-refractivity contribution >= 4 is 82.9 Å². The highest BCUT2D eigenvalue weighted by Gasteiger charge is 2.33. The number of nitrogens with one attached hydrogen (secondary N) is 6. The average Bonchev–Trinajstić information content (AvgIpc) is 3.16. The van der Waals surface area contributed by atoms with E-state index in [-0.39, 0.29) is 62.9 Å². The van der Waals surface area contributed by atoms with E-state index in [9.17, 15) is 58.2 Å². The van der Waals surface area contributed by atoms with Crippen LogP contribution in [0.2, 0.25) is 0 Å². The first kappa shape index (κ1) is 54.6. The lowest BCUT2D eigenvalue weighted by molar-refractivity contribution is -0.144. The second-order valence-corrected chi connectivity index (χ2v) is 14.4. The number of thioether (sulfide) groups is 1. The van der Waals surface area contributed by atoms with Crippen molar-refractivity contribution in [3.05, 3.63) is 0 Å². The fraction of sp³-hybridized carbons (Fsp3) is 0.647. The number of aliphatic carboxylic acids is 3. The van der Waals surface area contributed by atoms with Crippen molar-refractivity contribution in [2.45, 2.75) is 114 Å². The second kappa shape index (κ2) is 29.7. The molecular formula is C34H59N13O13S. The number of primary amides is 1. The molecule has 0 fully saturated rings. The molecule has 7 amide bonds. The maximum absolute atomic E-state index is 13.8. The minimum Gasteiger partial charge on any atom is -0.481 e. The summed E-state index contributed by atoms with van der Waals surface area (Å²) < 4.78 is 0. The zero-order chi connectivity index (χ0) is 46.7. The molecule has 0 saturated heterocycles. The lowest BCUT2D eigenvalue weighted by atomic mass is 10.0. The lowest BCUT2D eigenvalue weighted by Crippen LogP contribution is -2.59. The highest BCUT2D eigenvalue weighted by Crippen LogP contribution is 2.10. The third-order valence-electron chi connectivity index (χ3n) is 8.31. The van der Waals surface area contributed by atoms with Crippen LogP contribution in [0.5, 0.6) is 0 Å². The second-order valence-electron chi connectivity index (χ2n) is 13.4. The Bertz CT molecular complexity index is 1610.